The van der Waals surface area contributed by atoms with E-state index in [1.165, 1.54) is 29.2 Å². The summed E-state index contributed by atoms with van der Waals surface area (Å²) in [7, 11) is 3.15. The molecule has 0 spiro atoms. The van der Waals surface area contributed by atoms with Crippen molar-refractivity contribution < 1.29 is 26.7 Å². The third-order valence-electron chi connectivity index (χ3n) is 3.56. The quantitative estimate of drug-likeness (QED) is 0.505. The summed E-state index contributed by atoms with van der Waals surface area (Å²) in [6.07, 6.45) is 0. The van der Waals surface area contributed by atoms with E-state index in [0.29, 0.717) is 11.6 Å². The highest BCUT2D eigenvalue weighted by atomic mass is 19.2. The minimum atomic E-state index is -1.95. The number of nitrogens with zero attached hydrogens (tertiary/aromatic N) is 1. The second-order valence-electron chi connectivity index (χ2n) is 5.60. The van der Waals surface area contributed by atoms with E-state index in [1.54, 1.807) is 14.1 Å². The first-order chi connectivity index (χ1) is 11.7. The van der Waals surface area contributed by atoms with Crippen LogP contribution in [-0.2, 0) is 11.3 Å². The van der Waals surface area contributed by atoms with Gasteiger partial charge in [0.25, 0.3) is 0 Å². The monoisotopic (exact) mass is 358 g/mol. The van der Waals surface area contributed by atoms with Crippen molar-refractivity contribution in [2.24, 2.45) is 0 Å². The summed E-state index contributed by atoms with van der Waals surface area (Å²) < 4.78 is 66.4. The van der Waals surface area contributed by atoms with E-state index in [4.69, 9.17) is 0 Å². The predicted molar refractivity (Wildman–Crippen MR) is 80.9 cm³/mol. The molecule has 0 aliphatic rings. The molecule has 0 bridgehead atoms. The van der Waals surface area contributed by atoms with Crippen LogP contribution >= 0.6 is 0 Å². The maximum Gasteiger partial charge on any atom is 0.242 e. The smallest absolute Gasteiger partial charge is 0.242 e. The van der Waals surface area contributed by atoms with Crippen molar-refractivity contribution in [3.63, 3.8) is 0 Å². The highest BCUT2D eigenvalue weighted by molar-refractivity contribution is 5.83. The highest BCUT2D eigenvalue weighted by Crippen LogP contribution is 2.21. The van der Waals surface area contributed by atoms with Crippen molar-refractivity contribution in [2.75, 3.05) is 14.1 Å². The van der Waals surface area contributed by atoms with E-state index >= 15 is 0 Å². The van der Waals surface area contributed by atoms with E-state index in [1.807, 2.05) is 0 Å². The SMILES string of the molecule is CN(C)C(C(=O)NCc1cc(F)c(F)c(F)c1F)c1cccc(F)c1. The molecule has 3 nitrogen and oxygen atoms in total. The van der Waals surface area contributed by atoms with Crippen LogP contribution in [0, 0.1) is 29.1 Å². The molecule has 1 amide bonds. The fourth-order valence-corrected chi connectivity index (χ4v) is 2.39. The molecule has 8 heteroatoms. The minimum Gasteiger partial charge on any atom is -0.350 e. The Morgan fingerprint density at radius 1 is 1.04 bits per heavy atom. The van der Waals surface area contributed by atoms with E-state index in [2.05, 4.69) is 5.32 Å². The zero-order valence-corrected chi connectivity index (χ0v) is 13.4. The molecule has 0 aromatic heterocycles. The first kappa shape index (κ1) is 18.9. The number of carbonyl (C=O) groups excluding carboxylic acids is 1. The van der Waals surface area contributed by atoms with Crippen molar-refractivity contribution in [3.8, 4) is 0 Å². The number of hydrogen-bond donors (Lipinski definition) is 1. The molecular weight excluding hydrogens is 343 g/mol. The summed E-state index contributed by atoms with van der Waals surface area (Å²) in [6, 6.07) is 4.91. The molecule has 134 valence electrons. The standard InChI is InChI=1S/C17H15F5N2O/c1-24(2)16(9-4-3-5-11(18)6-9)17(25)23-8-10-7-12(19)14(21)15(22)13(10)20/h3-7,16H,8H2,1-2H3,(H,23,25). The van der Waals surface area contributed by atoms with Gasteiger partial charge in [0.1, 0.15) is 11.9 Å². The lowest BCUT2D eigenvalue weighted by molar-refractivity contribution is -0.126. The summed E-state index contributed by atoms with van der Waals surface area (Å²) in [5.41, 5.74) is -0.194. The molecule has 0 aliphatic carbocycles. The Hall–Kier alpha value is -2.48. The van der Waals surface area contributed by atoms with Crippen LogP contribution in [0.4, 0.5) is 22.0 Å². The third kappa shape index (κ3) is 4.14. The molecule has 0 saturated carbocycles. The number of hydrogen-bond acceptors (Lipinski definition) is 2. The van der Waals surface area contributed by atoms with Crippen LogP contribution in [-0.4, -0.2) is 24.9 Å². The lowest BCUT2D eigenvalue weighted by Crippen LogP contribution is -2.37. The molecule has 0 fully saturated rings. The Kier molecular flexibility index (Phi) is 5.73. The fourth-order valence-electron chi connectivity index (χ4n) is 2.39. The average Bonchev–Trinajstić information content (AvgIpc) is 2.55. The largest absolute Gasteiger partial charge is 0.350 e. The summed E-state index contributed by atoms with van der Waals surface area (Å²) in [5, 5.41) is 2.31. The molecule has 2 aromatic rings. The van der Waals surface area contributed by atoms with E-state index < -0.39 is 53.1 Å². The van der Waals surface area contributed by atoms with Crippen molar-refractivity contribution in [3.05, 3.63) is 70.5 Å². The molecule has 1 atom stereocenters. The third-order valence-corrected chi connectivity index (χ3v) is 3.56. The van der Waals surface area contributed by atoms with Gasteiger partial charge in [0.15, 0.2) is 23.3 Å². The van der Waals surface area contributed by atoms with Crippen LogP contribution in [0.2, 0.25) is 0 Å². The number of nitrogens with one attached hydrogen (secondary N) is 1. The van der Waals surface area contributed by atoms with Crippen LogP contribution in [0.1, 0.15) is 17.2 Å². The lowest BCUT2D eigenvalue weighted by Gasteiger charge is -2.24. The van der Waals surface area contributed by atoms with Crippen molar-refractivity contribution in [1.82, 2.24) is 10.2 Å². The van der Waals surface area contributed by atoms with Crippen LogP contribution in [0.5, 0.6) is 0 Å². The zero-order valence-electron chi connectivity index (χ0n) is 13.4. The van der Waals surface area contributed by atoms with Gasteiger partial charge >= 0.3 is 0 Å². The van der Waals surface area contributed by atoms with Gasteiger partial charge in [-0.25, -0.2) is 22.0 Å². The first-order valence-electron chi connectivity index (χ1n) is 7.23. The Balaban J connectivity index is 2.20. The summed E-state index contributed by atoms with van der Waals surface area (Å²) >= 11 is 0. The molecule has 2 rings (SSSR count). The maximum atomic E-state index is 13.6. The average molecular weight is 358 g/mol. The van der Waals surface area contributed by atoms with E-state index in [0.717, 1.165) is 0 Å². The zero-order chi connectivity index (χ0) is 18.7. The van der Waals surface area contributed by atoms with Crippen LogP contribution < -0.4 is 5.32 Å². The van der Waals surface area contributed by atoms with Gasteiger partial charge in [-0.2, -0.15) is 0 Å². The van der Waals surface area contributed by atoms with Crippen molar-refractivity contribution >= 4 is 5.91 Å². The normalized spacial score (nSPS) is 12.3. The van der Waals surface area contributed by atoms with Gasteiger partial charge in [-0.3, -0.25) is 9.69 Å². The molecule has 0 saturated heterocycles. The van der Waals surface area contributed by atoms with Crippen molar-refractivity contribution in [2.45, 2.75) is 12.6 Å². The van der Waals surface area contributed by atoms with Crippen molar-refractivity contribution in [1.29, 1.82) is 0 Å². The fraction of sp³-hybridized carbons (Fsp3) is 0.235. The second-order valence-corrected chi connectivity index (χ2v) is 5.60. The second kappa shape index (κ2) is 7.60. The number of halogens is 5. The molecule has 2 aromatic carbocycles. The predicted octanol–water partition coefficient (Wildman–Crippen LogP) is 3.30. The van der Waals surface area contributed by atoms with Gasteiger partial charge < -0.3 is 5.32 Å². The number of benzene rings is 2. The number of likely N-dealkylation sites (N-methyl/N-ethyl adjacent to an activating group) is 1. The first-order valence-corrected chi connectivity index (χ1v) is 7.23. The van der Waals surface area contributed by atoms with Crippen LogP contribution in [0.25, 0.3) is 0 Å². The molecule has 0 heterocycles. The molecule has 25 heavy (non-hydrogen) atoms. The van der Waals surface area contributed by atoms with Gasteiger partial charge in [0.05, 0.1) is 0 Å². The topological polar surface area (TPSA) is 32.3 Å². The van der Waals surface area contributed by atoms with Gasteiger partial charge in [0.2, 0.25) is 5.91 Å². The minimum absolute atomic E-state index is 0.347. The molecular formula is C17H15F5N2O. The lowest BCUT2D eigenvalue weighted by atomic mass is 10.0. The molecule has 1 unspecified atom stereocenters. The summed E-state index contributed by atoms with van der Waals surface area (Å²) in [4.78, 5) is 13.9. The Labute approximate surface area is 141 Å². The van der Waals surface area contributed by atoms with E-state index in [9.17, 15) is 26.7 Å². The molecule has 0 radical (unpaired) electrons. The Bertz CT molecular complexity index is 795. The van der Waals surface area contributed by atoms with Crippen LogP contribution in [0.15, 0.2) is 30.3 Å². The summed E-state index contributed by atoms with van der Waals surface area (Å²) in [5.74, 6) is -8.17. The molecule has 1 N–H and O–H groups in total. The number of amides is 1. The van der Waals surface area contributed by atoms with Gasteiger partial charge in [-0.1, -0.05) is 12.1 Å². The maximum absolute atomic E-state index is 13.6. The number of rotatable bonds is 5. The number of carbonyl (C=O) groups is 1. The van der Waals surface area contributed by atoms with E-state index in [-0.39, 0.29) is 0 Å². The summed E-state index contributed by atoms with van der Waals surface area (Å²) in [6.45, 7) is -0.557. The van der Waals surface area contributed by atoms with Gasteiger partial charge in [-0.05, 0) is 37.9 Å². The van der Waals surface area contributed by atoms with Gasteiger partial charge in [0, 0.05) is 12.1 Å². The van der Waals surface area contributed by atoms with Gasteiger partial charge in [-0.15, -0.1) is 0 Å². The molecule has 0 aliphatic heterocycles. The Morgan fingerprint density at radius 2 is 1.72 bits per heavy atom. The Morgan fingerprint density at radius 3 is 2.32 bits per heavy atom. The van der Waals surface area contributed by atoms with Crippen LogP contribution in [0.3, 0.4) is 0 Å². The highest BCUT2D eigenvalue weighted by Gasteiger charge is 2.24.